The predicted molar refractivity (Wildman–Crippen MR) is 96.4 cm³/mol. The van der Waals surface area contributed by atoms with Crippen LogP contribution in [-0.4, -0.2) is 21.6 Å². The molecule has 1 heterocycles. The Bertz CT molecular complexity index is 699. The van der Waals surface area contributed by atoms with Crippen molar-refractivity contribution in [2.75, 3.05) is 0 Å². The fourth-order valence-corrected chi connectivity index (χ4v) is 4.41. The first-order chi connectivity index (χ1) is 9.82. The van der Waals surface area contributed by atoms with Crippen molar-refractivity contribution in [1.29, 1.82) is 0 Å². The number of carbonyl (C=O) groups excluding carboxylic acids is 1. The number of nitrogens with zero attached hydrogens (tertiary/aromatic N) is 2. The van der Waals surface area contributed by atoms with E-state index in [0.29, 0.717) is 6.54 Å². The van der Waals surface area contributed by atoms with Crippen molar-refractivity contribution >= 4 is 80.7 Å². The minimum atomic E-state index is -0.256. The molecule has 114 valence electrons. The second kappa shape index (κ2) is 7.10. The van der Waals surface area contributed by atoms with Crippen molar-refractivity contribution in [2.24, 2.45) is 0 Å². The highest BCUT2D eigenvalue weighted by Gasteiger charge is 2.18. The Morgan fingerprint density at radius 3 is 2.48 bits per heavy atom. The van der Waals surface area contributed by atoms with E-state index >= 15 is 0 Å². The van der Waals surface area contributed by atoms with Crippen LogP contribution in [0.4, 0.5) is 0 Å². The molecule has 0 aliphatic carbocycles. The van der Waals surface area contributed by atoms with Gasteiger partial charge in [0.25, 0.3) is 0 Å². The SMILES string of the molecule is CC(=O)OC(C)CCn1cnc2c(Br)c(Br)c(Br)c(Br)c21. The molecule has 1 atom stereocenters. The normalized spacial score (nSPS) is 12.7. The van der Waals surface area contributed by atoms with E-state index in [4.69, 9.17) is 4.74 Å². The fraction of sp³-hybridized carbons (Fsp3) is 0.385. The van der Waals surface area contributed by atoms with Gasteiger partial charge in [0.1, 0.15) is 11.6 Å². The Morgan fingerprint density at radius 1 is 1.24 bits per heavy atom. The van der Waals surface area contributed by atoms with Crippen LogP contribution < -0.4 is 0 Å². The van der Waals surface area contributed by atoms with Gasteiger partial charge in [-0.05, 0) is 70.6 Å². The molecule has 0 N–H and O–H groups in total. The molecule has 1 aromatic heterocycles. The summed E-state index contributed by atoms with van der Waals surface area (Å²) in [6.07, 6.45) is 2.39. The largest absolute Gasteiger partial charge is 0.463 e. The molecule has 2 rings (SSSR count). The van der Waals surface area contributed by atoms with Crippen molar-refractivity contribution < 1.29 is 9.53 Å². The van der Waals surface area contributed by atoms with E-state index in [-0.39, 0.29) is 12.1 Å². The van der Waals surface area contributed by atoms with E-state index < -0.39 is 0 Å². The number of halogens is 4. The van der Waals surface area contributed by atoms with E-state index in [2.05, 4.69) is 68.7 Å². The summed E-state index contributed by atoms with van der Waals surface area (Å²) in [5.41, 5.74) is 1.86. The number of hydrogen-bond acceptors (Lipinski definition) is 3. The van der Waals surface area contributed by atoms with Crippen LogP contribution in [0, 0.1) is 0 Å². The van der Waals surface area contributed by atoms with Crippen LogP contribution in [0.15, 0.2) is 24.2 Å². The molecule has 0 radical (unpaired) electrons. The molecule has 0 bridgehead atoms. The van der Waals surface area contributed by atoms with Gasteiger partial charge >= 0.3 is 5.97 Å². The summed E-state index contributed by atoms with van der Waals surface area (Å²) >= 11 is 14.2. The van der Waals surface area contributed by atoms with Crippen molar-refractivity contribution in [3.05, 3.63) is 24.2 Å². The summed E-state index contributed by atoms with van der Waals surface area (Å²) in [7, 11) is 0. The maximum Gasteiger partial charge on any atom is 0.302 e. The molecule has 0 amide bonds. The Kier molecular flexibility index (Phi) is 5.90. The maximum atomic E-state index is 10.9. The molecule has 0 aliphatic heterocycles. The summed E-state index contributed by atoms with van der Waals surface area (Å²) in [5, 5.41) is 0. The number of aromatic nitrogens is 2. The lowest BCUT2D eigenvalue weighted by atomic mass is 10.2. The molecule has 1 aromatic carbocycles. The first kappa shape index (κ1) is 17.4. The average Bonchev–Trinajstić information content (AvgIpc) is 2.83. The monoisotopic (exact) mass is 544 g/mol. The number of fused-ring (bicyclic) bond motifs is 1. The minimum absolute atomic E-state index is 0.124. The topological polar surface area (TPSA) is 44.1 Å². The molecule has 8 heteroatoms. The Morgan fingerprint density at radius 2 is 1.86 bits per heavy atom. The van der Waals surface area contributed by atoms with Gasteiger partial charge in [0.05, 0.1) is 20.8 Å². The summed E-state index contributed by atoms with van der Waals surface area (Å²) in [4.78, 5) is 15.4. The maximum absolute atomic E-state index is 10.9. The Balaban J connectivity index is 2.32. The molecular weight excluding hydrogens is 536 g/mol. The summed E-state index contributed by atoms with van der Waals surface area (Å²) in [6.45, 7) is 4.02. The summed E-state index contributed by atoms with van der Waals surface area (Å²) < 4.78 is 10.9. The number of carbonyl (C=O) groups is 1. The van der Waals surface area contributed by atoms with Gasteiger partial charge < -0.3 is 9.30 Å². The molecule has 0 spiro atoms. The van der Waals surface area contributed by atoms with Crippen molar-refractivity contribution in [2.45, 2.75) is 32.9 Å². The van der Waals surface area contributed by atoms with E-state index in [0.717, 1.165) is 35.3 Å². The third-order valence-electron chi connectivity index (χ3n) is 2.98. The Hall–Kier alpha value is 0.0800. The molecule has 0 saturated carbocycles. The third-order valence-corrected chi connectivity index (χ3v) is 7.70. The van der Waals surface area contributed by atoms with Crippen LogP contribution in [0.1, 0.15) is 20.3 Å². The minimum Gasteiger partial charge on any atom is -0.463 e. The number of benzene rings is 1. The zero-order valence-electron chi connectivity index (χ0n) is 11.3. The van der Waals surface area contributed by atoms with E-state index in [1.165, 1.54) is 6.92 Å². The second-order valence-electron chi connectivity index (χ2n) is 4.60. The van der Waals surface area contributed by atoms with Crippen LogP contribution in [-0.2, 0) is 16.1 Å². The molecule has 1 unspecified atom stereocenters. The van der Waals surface area contributed by atoms with Gasteiger partial charge in [0.15, 0.2) is 0 Å². The number of hydrogen-bond donors (Lipinski definition) is 0. The van der Waals surface area contributed by atoms with Gasteiger partial charge in [-0.25, -0.2) is 4.98 Å². The second-order valence-corrected chi connectivity index (χ2v) is 7.77. The molecule has 4 nitrogen and oxygen atoms in total. The van der Waals surface area contributed by atoms with Gasteiger partial charge in [0, 0.05) is 28.8 Å². The predicted octanol–water partition coefficient (Wildman–Crippen LogP) is 5.43. The molecule has 0 aliphatic rings. The van der Waals surface area contributed by atoms with Crippen LogP contribution in [0.2, 0.25) is 0 Å². The van der Waals surface area contributed by atoms with Gasteiger partial charge in [0.2, 0.25) is 0 Å². The average molecular weight is 548 g/mol. The van der Waals surface area contributed by atoms with Crippen LogP contribution >= 0.6 is 63.7 Å². The lowest BCUT2D eigenvalue weighted by Crippen LogP contribution is -2.14. The standard InChI is InChI=1S/C13H12Br4N2O2/c1-6(21-7(2)20)3-4-19-5-18-12-10(16)8(14)9(15)11(17)13(12)19/h5-6H,3-4H2,1-2H3. The number of imidazole rings is 1. The summed E-state index contributed by atoms with van der Waals surface area (Å²) in [6, 6.07) is 0. The highest BCUT2D eigenvalue weighted by molar-refractivity contribution is 9.15. The van der Waals surface area contributed by atoms with E-state index in [1.807, 2.05) is 11.5 Å². The van der Waals surface area contributed by atoms with E-state index in [9.17, 15) is 4.79 Å². The first-order valence-corrected chi connectivity index (χ1v) is 9.34. The number of rotatable bonds is 4. The highest BCUT2D eigenvalue weighted by atomic mass is 79.9. The zero-order chi connectivity index (χ0) is 15.7. The van der Waals surface area contributed by atoms with Gasteiger partial charge in [-0.2, -0.15) is 0 Å². The van der Waals surface area contributed by atoms with Gasteiger partial charge in [-0.1, -0.05) is 0 Å². The quantitative estimate of drug-likeness (QED) is 0.291. The fourth-order valence-electron chi connectivity index (χ4n) is 2.01. The highest BCUT2D eigenvalue weighted by Crippen LogP contribution is 2.42. The smallest absolute Gasteiger partial charge is 0.302 e. The molecule has 0 fully saturated rings. The van der Waals surface area contributed by atoms with Crippen molar-refractivity contribution in [1.82, 2.24) is 9.55 Å². The Labute approximate surface area is 156 Å². The van der Waals surface area contributed by atoms with Gasteiger partial charge in [-0.15, -0.1) is 0 Å². The number of esters is 1. The lowest BCUT2D eigenvalue weighted by molar-refractivity contribution is -0.145. The molecule has 2 aromatic rings. The first-order valence-electron chi connectivity index (χ1n) is 6.17. The van der Waals surface area contributed by atoms with Crippen molar-refractivity contribution in [3.8, 4) is 0 Å². The van der Waals surface area contributed by atoms with Gasteiger partial charge in [-0.3, -0.25) is 4.79 Å². The van der Waals surface area contributed by atoms with Crippen molar-refractivity contribution in [3.63, 3.8) is 0 Å². The molecular formula is C13H12Br4N2O2. The summed E-state index contributed by atoms with van der Waals surface area (Å²) in [5.74, 6) is -0.256. The van der Waals surface area contributed by atoms with Crippen LogP contribution in [0.25, 0.3) is 11.0 Å². The number of aryl methyl sites for hydroxylation is 1. The molecule has 21 heavy (non-hydrogen) atoms. The number of ether oxygens (including phenoxy) is 1. The molecule has 0 saturated heterocycles. The lowest BCUT2D eigenvalue weighted by Gasteiger charge is -2.13. The third kappa shape index (κ3) is 3.71. The van der Waals surface area contributed by atoms with Crippen LogP contribution in [0.3, 0.4) is 0 Å². The van der Waals surface area contributed by atoms with Crippen LogP contribution in [0.5, 0.6) is 0 Å². The zero-order valence-corrected chi connectivity index (χ0v) is 17.6. The van der Waals surface area contributed by atoms with E-state index in [1.54, 1.807) is 6.33 Å².